The van der Waals surface area contributed by atoms with Gasteiger partial charge in [-0.15, -0.1) is 0 Å². The number of nitrogens with one attached hydrogen (secondary N) is 1. The highest BCUT2D eigenvalue weighted by atomic mass is 16.3. The minimum absolute atomic E-state index is 0.0842. The summed E-state index contributed by atoms with van der Waals surface area (Å²) < 4.78 is 0. The van der Waals surface area contributed by atoms with Gasteiger partial charge in [0.25, 0.3) is 0 Å². The minimum Gasteiger partial charge on any atom is -0.394 e. The first-order valence-electron chi connectivity index (χ1n) is 15.6. The third-order valence-corrected chi connectivity index (χ3v) is 6.99. The largest absolute Gasteiger partial charge is 0.394 e. The second-order valence-corrected chi connectivity index (χ2v) is 10.6. The number of hydrogen-bond donors (Lipinski definition) is 3. The molecule has 2 atom stereocenters. The van der Waals surface area contributed by atoms with Crippen LogP contribution in [-0.4, -0.2) is 34.9 Å². The second-order valence-electron chi connectivity index (χ2n) is 10.6. The number of rotatable bonds is 27. The maximum absolute atomic E-state index is 12.2. The molecule has 0 saturated heterocycles. The van der Waals surface area contributed by atoms with Crippen molar-refractivity contribution in [3.05, 3.63) is 24.3 Å². The summed E-state index contributed by atoms with van der Waals surface area (Å²) in [7, 11) is 0. The number of carbonyl (C=O) groups is 1. The Balaban J connectivity index is 3.70. The van der Waals surface area contributed by atoms with Crippen LogP contribution in [0.25, 0.3) is 0 Å². The summed E-state index contributed by atoms with van der Waals surface area (Å²) in [6.07, 6.45) is 34.0. The predicted octanol–water partition coefficient (Wildman–Crippen LogP) is 8.56. The van der Waals surface area contributed by atoms with Crippen LogP contribution in [0.5, 0.6) is 0 Å². The fraction of sp³-hybridized carbons (Fsp3) is 0.844. The van der Waals surface area contributed by atoms with E-state index in [1.165, 1.54) is 116 Å². The Morgan fingerprint density at radius 2 is 1.11 bits per heavy atom. The van der Waals surface area contributed by atoms with E-state index >= 15 is 0 Å². The predicted molar refractivity (Wildman–Crippen MR) is 156 cm³/mol. The van der Waals surface area contributed by atoms with Crippen LogP contribution < -0.4 is 5.32 Å². The average Bonchev–Trinajstić information content (AvgIpc) is 2.88. The molecule has 212 valence electrons. The minimum atomic E-state index is -0.881. The zero-order valence-electron chi connectivity index (χ0n) is 24.0. The van der Waals surface area contributed by atoms with Gasteiger partial charge in [0.15, 0.2) is 0 Å². The first-order valence-corrected chi connectivity index (χ1v) is 15.6. The van der Waals surface area contributed by atoms with E-state index in [1.54, 1.807) is 6.08 Å². The van der Waals surface area contributed by atoms with Gasteiger partial charge in [0.1, 0.15) is 0 Å². The summed E-state index contributed by atoms with van der Waals surface area (Å²) in [5.74, 6) is -0.0842. The summed E-state index contributed by atoms with van der Waals surface area (Å²) in [5.41, 5.74) is 0. The molecule has 0 aromatic rings. The molecule has 0 bridgehead atoms. The Bertz CT molecular complexity index is 518. The SMILES string of the molecule is CCCCCCCC/C=C/C=C/[C@@H](O)[C@H](CO)NC(=O)CCCCCCCCCCCCCCCC. The fourth-order valence-electron chi connectivity index (χ4n) is 4.53. The van der Waals surface area contributed by atoms with Gasteiger partial charge in [0.05, 0.1) is 18.8 Å². The molecule has 3 N–H and O–H groups in total. The van der Waals surface area contributed by atoms with Crippen molar-refractivity contribution in [1.82, 2.24) is 5.32 Å². The van der Waals surface area contributed by atoms with E-state index < -0.39 is 12.1 Å². The molecule has 0 saturated carbocycles. The maximum Gasteiger partial charge on any atom is 0.220 e. The van der Waals surface area contributed by atoms with E-state index in [1.807, 2.05) is 12.2 Å². The molecule has 1 amide bonds. The van der Waals surface area contributed by atoms with Crippen LogP contribution in [0.3, 0.4) is 0 Å². The van der Waals surface area contributed by atoms with Crippen molar-refractivity contribution in [3.63, 3.8) is 0 Å². The summed E-state index contributed by atoms with van der Waals surface area (Å²) in [6, 6.07) is -0.646. The Hall–Kier alpha value is -1.13. The van der Waals surface area contributed by atoms with Crippen LogP contribution in [0.1, 0.15) is 155 Å². The molecule has 0 spiro atoms. The lowest BCUT2D eigenvalue weighted by Gasteiger charge is -2.19. The topological polar surface area (TPSA) is 69.6 Å². The first kappa shape index (κ1) is 34.9. The number of allylic oxidation sites excluding steroid dienone is 3. The first-order chi connectivity index (χ1) is 17.7. The molecule has 4 heteroatoms. The number of carbonyl (C=O) groups excluding carboxylic acids is 1. The Labute approximate surface area is 224 Å². The van der Waals surface area contributed by atoms with Gasteiger partial charge in [-0.2, -0.15) is 0 Å². The number of hydrogen-bond acceptors (Lipinski definition) is 3. The molecule has 0 fully saturated rings. The maximum atomic E-state index is 12.2. The molecule has 0 aromatic carbocycles. The van der Waals surface area contributed by atoms with Crippen LogP contribution in [0.4, 0.5) is 0 Å². The molecule has 0 unspecified atom stereocenters. The van der Waals surface area contributed by atoms with Crippen molar-refractivity contribution >= 4 is 5.91 Å². The van der Waals surface area contributed by atoms with Gasteiger partial charge in [-0.3, -0.25) is 4.79 Å². The molecular weight excluding hydrogens is 446 g/mol. The molecular formula is C32H61NO3. The van der Waals surface area contributed by atoms with Gasteiger partial charge >= 0.3 is 0 Å². The van der Waals surface area contributed by atoms with Crippen molar-refractivity contribution < 1.29 is 15.0 Å². The second kappa shape index (κ2) is 28.4. The molecule has 0 aromatic heterocycles. The van der Waals surface area contributed by atoms with Crippen LogP contribution in [0, 0.1) is 0 Å². The van der Waals surface area contributed by atoms with E-state index in [9.17, 15) is 15.0 Å². The van der Waals surface area contributed by atoms with E-state index in [4.69, 9.17) is 0 Å². The van der Waals surface area contributed by atoms with Gasteiger partial charge in [0, 0.05) is 6.42 Å². The lowest BCUT2D eigenvalue weighted by atomic mass is 10.0. The zero-order valence-corrected chi connectivity index (χ0v) is 24.0. The number of aliphatic hydroxyl groups is 2. The molecule has 0 aliphatic heterocycles. The monoisotopic (exact) mass is 507 g/mol. The van der Waals surface area contributed by atoms with E-state index in [0.29, 0.717) is 6.42 Å². The molecule has 36 heavy (non-hydrogen) atoms. The van der Waals surface area contributed by atoms with Gasteiger partial charge in [-0.25, -0.2) is 0 Å². The standard InChI is InChI=1S/C32H61NO3/c1-3-5-7-9-11-13-15-16-17-18-20-22-24-26-28-32(36)33-30(29-34)31(35)27-25-23-21-19-14-12-10-8-6-4-2/h21,23,25,27,30-31,34-35H,3-20,22,24,26,28-29H2,1-2H3,(H,33,36)/b23-21+,27-25+/t30-,31+/m0/s1. The van der Waals surface area contributed by atoms with Crippen molar-refractivity contribution in [2.24, 2.45) is 0 Å². The third kappa shape index (κ3) is 24.6. The molecule has 0 radical (unpaired) electrons. The molecule has 0 aliphatic carbocycles. The van der Waals surface area contributed by atoms with Gasteiger partial charge in [-0.05, 0) is 19.3 Å². The highest BCUT2D eigenvalue weighted by Gasteiger charge is 2.17. The fourth-order valence-corrected chi connectivity index (χ4v) is 4.53. The lowest BCUT2D eigenvalue weighted by Crippen LogP contribution is -2.45. The number of aliphatic hydroxyl groups excluding tert-OH is 2. The molecule has 0 heterocycles. The molecule has 0 rings (SSSR count). The van der Waals surface area contributed by atoms with Crippen LogP contribution in [0.2, 0.25) is 0 Å². The number of amides is 1. The molecule has 0 aliphatic rings. The van der Waals surface area contributed by atoms with Crippen molar-refractivity contribution in [3.8, 4) is 0 Å². The average molecular weight is 508 g/mol. The summed E-state index contributed by atoms with van der Waals surface area (Å²) >= 11 is 0. The van der Waals surface area contributed by atoms with Gasteiger partial charge < -0.3 is 15.5 Å². The Kier molecular flexibility index (Phi) is 27.5. The third-order valence-electron chi connectivity index (χ3n) is 6.99. The van der Waals surface area contributed by atoms with E-state index in [2.05, 4.69) is 25.2 Å². The van der Waals surface area contributed by atoms with Crippen molar-refractivity contribution in [2.45, 2.75) is 167 Å². The summed E-state index contributed by atoms with van der Waals surface area (Å²) in [5, 5.41) is 22.6. The highest BCUT2D eigenvalue weighted by Crippen LogP contribution is 2.13. The quantitative estimate of drug-likeness (QED) is 0.0770. The van der Waals surface area contributed by atoms with Gasteiger partial charge in [0.2, 0.25) is 5.91 Å². The Morgan fingerprint density at radius 3 is 1.58 bits per heavy atom. The number of unbranched alkanes of at least 4 members (excludes halogenated alkanes) is 19. The summed E-state index contributed by atoms with van der Waals surface area (Å²) in [6.45, 7) is 4.23. The van der Waals surface area contributed by atoms with Crippen LogP contribution in [0.15, 0.2) is 24.3 Å². The van der Waals surface area contributed by atoms with Crippen molar-refractivity contribution in [2.75, 3.05) is 6.61 Å². The van der Waals surface area contributed by atoms with Crippen LogP contribution >= 0.6 is 0 Å². The normalized spacial score (nSPS) is 13.6. The van der Waals surface area contributed by atoms with E-state index in [-0.39, 0.29) is 12.5 Å². The lowest BCUT2D eigenvalue weighted by molar-refractivity contribution is -0.123. The Morgan fingerprint density at radius 1 is 0.667 bits per heavy atom. The summed E-state index contributed by atoms with van der Waals surface area (Å²) in [4.78, 5) is 12.2. The molecule has 4 nitrogen and oxygen atoms in total. The van der Waals surface area contributed by atoms with E-state index in [0.717, 1.165) is 19.3 Å². The smallest absolute Gasteiger partial charge is 0.220 e. The van der Waals surface area contributed by atoms with Crippen molar-refractivity contribution in [1.29, 1.82) is 0 Å². The highest BCUT2D eigenvalue weighted by molar-refractivity contribution is 5.76. The van der Waals surface area contributed by atoms with Crippen LogP contribution in [-0.2, 0) is 4.79 Å². The zero-order chi connectivity index (χ0) is 26.5. The van der Waals surface area contributed by atoms with Gasteiger partial charge in [-0.1, -0.05) is 154 Å².